The summed E-state index contributed by atoms with van der Waals surface area (Å²) in [5.41, 5.74) is -0.339. The molecule has 1 aliphatic carbocycles. The lowest BCUT2D eigenvalue weighted by atomic mass is 9.75. The molecule has 5 heteroatoms. The molecule has 0 aromatic heterocycles. The van der Waals surface area contributed by atoms with Gasteiger partial charge >= 0.3 is 0 Å². The molecular formula is C14H25N3O2. The average molecular weight is 267 g/mol. The van der Waals surface area contributed by atoms with Crippen LogP contribution < -0.4 is 10.6 Å². The molecule has 2 N–H and O–H groups in total. The molecule has 1 saturated heterocycles. The Bertz CT molecular complexity index is 358. The second-order valence-corrected chi connectivity index (χ2v) is 6.24. The third kappa shape index (κ3) is 3.08. The highest BCUT2D eigenvalue weighted by Crippen LogP contribution is 2.35. The van der Waals surface area contributed by atoms with E-state index in [1.165, 1.54) is 0 Å². The summed E-state index contributed by atoms with van der Waals surface area (Å²) >= 11 is 0. The maximum Gasteiger partial charge on any atom is 0.239 e. The van der Waals surface area contributed by atoms with Crippen LogP contribution in [-0.2, 0) is 9.59 Å². The number of rotatable bonds is 5. The zero-order valence-electron chi connectivity index (χ0n) is 12.2. The minimum atomic E-state index is -0.339. The van der Waals surface area contributed by atoms with Gasteiger partial charge in [0.1, 0.15) is 0 Å². The highest BCUT2D eigenvalue weighted by Gasteiger charge is 2.45. The second-order valence-electron chi connectivity index (χ2n) is 6.24. The molecule has 2 amide bonds. The number of carbonyl (C=O) groups is 2. The van der Waals surface area contributed by atoms with Crippen LogP contribution >= 0.6 is 0 Å². The zero-order valence-corrected chi connectivity index (χ0v) is 12.2. The summed E-state index contributed by atoms with van der Waals surface area (Å²) in [6.07, 6.45) is 3.00. The standard InChI is InChI=1S/C14H25N3O2/c1-10(2)14(6-7-15-9-14)13(19)17(3)8-12(18)16-11-4-5-11/h10-11,15H,4-9H2,1-3H3,(H,16,18). The summed E-state index contributed by atoms with van der Waals surface area (Å²) in [5.74, 6) is 0.339. The minimum absolute atomic E-state index is 0.0387. The minimum Gasteiger partial charge on any atom is -0.352 e. The smallest absolute Gasteiger partial charge is 0.239 e. The normalized spacial score (nSPS) is 26.5. The van der Waals surface area contributed by atoms with E-state index in [9.17, 15) is 9.59 Å². The summed E-state index contributed by atoms with van der Waals surface area (Å²) < 4.78 is 0. The van der Waals surface area contributed by atoms with Crippen molar-refractivity contribution in [2.24, 2.45) is 11.3 Å². The van der Waals surface area contributed by atoms with E-state index in [0.717, 1.165) is 32.4 Å². The van der Waals surface area contributed by atoms with Crippen molar-refractivity contribution >= 4 is 11.8 Å². The number of amides is 2. The van der Waals surface area contributed by atoms with Crippen LogP contribution in [0, 0.1) is 11.3 Å². The molecule has 1 heterocycles. The van der Waals surface area contributed by atoms with E-state index in [1.807, 2.05) is 0 Å². The second kappa shape index (κ2) is 5.49. The van der Waals surface area contributed by atoms with Gasteiger partial charge in [-0.1, -0.05) is 13.8 Å². The topological polar surface area (TPSA) is 61.4 Å². The lowest BCUT2D eigenvalue weighted by Gasteiger charge is -2.34. The Hall–Kier alpha value is -1.10. The van der Waals surface area contributed by atoms with E-state index in [2.05, 4.69) is 24.5 Å². The average Bonchev–Trinajstić information content (AvgIpc) is 3.01. The van der Waals surface area contributed by atoms with Crippen molar-refractivity contribution in [2.45, 2.75) is 39.2 Å². The van der Waals surface area contributed by atoms with E-state index >= 15 is 0 Å². The maximum atomic E-state index is 12.7. The Morgan fingerprint density at radius 3 is 2.58 bits per heavy atom. The Morgan fingerprint density at radius 1 is 1.42 bits per heavy atom. The Kier molecular flexibility index (Phi) is 4.13. The summed E-state index contributed by atoms with van der Waals surface area (Å²) in [5, 5.41) is 6.20. The quantitative estimate of drug-likeness (QED) is 0.756. The van der Waals surface area contributed by atoms with Crippen molar-refractivity contribution in [3.8, 4) is 0 Å². The molecule has 0 bridgehead atoms. The lowest BCUT2D eigenvalue weighted by Crippen LogP contribution is -2.49. The SMILES string of the molecule is CC(C)C1(C(=O)N(C)CC(=O)NC2CC2)CCNC1. The molecule has 0 radical (unpaired) electrons. The Morgan fingerprint density at radius 2 is 2.11 bits per heavy atom. The summed E-state index contributed by atoms with van der Waals surface area (Å²) in [6, 6.07) is 0.350. The highest BCUT2D eigenvalue weighted by atomic mass is 16.2. The van der Waals surface area contributed by atoms with Crippen LogP contribution in [0.1, 0.15) is 33.1 Å². The molecule has 0 aromatic rings. The third-order valence-electron chi connectivity index (χ3n) is 4.39. The van der Waals surface area contributed by atoms with Crippen molar-refractivity contribution in [1.29, 1.82) is 0 Å². The van der Waals surface area contributed by atoms with Crippen molar-refractivity contribution < 1.29 is 9.59 Å². The van der Waals surface area contributed by atoms with Gasteiger partial charge in [-0.05, 0) is 31.7 Å². The van der Waals surface area contributed by atoms with Crippen LogP contribution in [-0.4, -0.2) is 49.4 Å². The van der Waals surface area contributed by atoms with Gasteiger partial charge in [0.2, 0.25) is 11.8 Å². The van der Waals surface area contributed by atoms with Crippen molar-refractivity contribution in [2.75, 3.05) is 26.7 Å². The molecule has 2 fully saturated rings. The predicted molar refractivity (Wildman–Crippen MR) is 73.6 cm³/mol. The van der Waals surface area contributed by atoms with Gasteiger partial charge in [0, 0.05) is 19.6 Å². The van der Waals surface area contributed by atoms with Crippen LogP contribution in [0.3, 0.4) is 0 Å². The molecule has 0 aromatic carbocycles. The van der Waals surface area contributed by atoms with Gasteiger partial charge in [0.05, 0.1) is 12.0 Å². The van der Waals surface area contributed by atoms with E-state index in [4.69, 9.17) is 0 Å². The number of hydrogen-bond acceptors (Lipinski definition) is 3. The Balaban J connectivity index is 1.94. The summed E-state index contributed by atoms with van der Waals surface area (Å²) in [7, 11) is 1.73. The summed E-state index contributed by atoms with van der Waals surface area (Å²) in [4.78, 5) is 26.0. The van der Waals surface area contributed by atoms with Crippen LogP contribution in [0.15, 0.2) is 0 Å². The number of hydrogen-bond donors (Lipinski definition) is 2. The first-order valence-corrected chi connectivity index (χ1v) is 7.21. The number of nitrogens with one attached hydrogen (secondary N) is 2. The molecule has 19 heavy (non-hydrogen) atoms. The molecule has 2 aliphatic rings. The highest BCUT2D eigenvalue weighted by molar-refractivity contribution is 5.88. The molecule has 1 atom stereocenters. The van der Waals surface area contributed by atoms with Crippen LogP contribution in [0.4, 0.5) is 0 Å². The first-order valence-electron chi connectivity index (χ1n) is 7.21. The largest absolute Gasteiger partial charge is 0.352 e. The van der Waals surface area contributed by atoms with Gasteiger partial charge in [0.15, 0.2) is 0 Å². The first kappa shape index (κ1) is 14.3. The fourth-order valence-electron chi connectivity index (χ4n) is 2.80. The third-order valence-corrected chi connectivity index (χ3v) is 4.39. The van der Waals surface area contributed by atoms with E-state index in [0.29, 0.717) is 6.04 Å². The van der Waals surface area contributed by atoms with Crippen LogP contribution in [0.5, 0.6) is 0 Å². The molecule has 0 spiro atoms. The van der Waals surface area contributed by atoms with E-state index in [1.54, 1.807) is 11.9 Å². The van der Waals surface area contributed by atoms with Gasteiger partial charge in [-0.25, -0.2) is 0 Å². The zero-order chi connectivity index (χ0) is 14.0. The predicted octanol–water partition coefficient (Wildman–Crippen LogP) is 0.359. The molecule has 1 aliphatic heterocycles. The van der Waals surface area contributed by atoms with Crippen molar-refractivity contribution in [3.63, 3.8) is 0 Å². The van der Waals surface area contributed by atoms with E-state index < -0.39 is 0 Å². The Labute approximate surface area is 115 Å². The number of carbonyl (C=O) groups excluding carboxylic acids is 2. The van der Waals surface area contributed by atoms with Crippen LogP contribution in [0.2, 0.25) is 0 Å². The molecule has 1 unspecified atom stereocenters. The van der Waals surface area contributed by atoms with Gasteiger partial charge < -0.3 is 15.5 Å². The molecule has 1 saturated carbocycles. The fraction of sp³-hybridized carbons (Fsp3) is 0.857. The monoisotopic (exact) mass is 267 g/mol. The van der Waals surface area contributed by atoms with Crippen LogP contribution in [0.25, 0.3) is 0 Å². The first-order chi connectivity index (χ1) is 8.95. The molecule has 5 nitrogen and oxygen atoms in total. The van der Waals surface area contributed by atoms with Gasteiger partial charge in [0.25, 0.3) is 0 Å². The summed E-state index contributed by atoms with van der Waals surface area (Å²) in [6.45, 7) is 5.94. The van der Waals surface area contributed by atoms with E-state index in [-0.39, 0.29) is 29.7 Å². The van der Waals surface area contributed by atoms with Gasteiger partial charge in [-0.15, -0.1) is 0 Å². The number of nitrogens with zero attached hydrogens (tertiary/aromatic N) is 1. The van der Waals surface area contributed by atoms with Crippen molar-refractivity contribution in [3.05, 3.63) is 0 Å². The molecule has 2 rings (SSSR count). The molecular weight excluding hydrogens is 242 g/mol. The van der Waals surface area contributed by atoms with Crippen molar-refractivity contribution in [1.82, 2.24) is 15.5 Å². The molecule has 108 valence electrons. The lowest BCUT2D eigenvalue weighted by molar-refractivity contribution is -0.145. The van der Waals surface area contributed by atoms with Gasteiger partial charge in [-0.2, -0.15) is 0 Å². The number of likely N-dealkylation sites (N-methyl/N-ethyl adjacent to an activating group) is 1. The fourth-order valence-corrected chi connectivity index (χ4v) is 2.80. The maximum absolute atomic E-state index is 12.7. The van der Waals surface area contributed by atoms with Gasteiger partial charge in [-0.3, -0.25) is 9.59 Å².